The number of thioether (sulfide) groups is 1. The Morgan fingerprint density at radius 3 is 2.80 bits per heavy atom. The summed E-state index contributed by atoms with van der Waals surface area (Å²) in [6, 6.07) is 0. The molecule has 1 fully saturated rings. The van der Waals surface area contributed by atoms with Crippen molar-refractivity contribution in [2.45, 2.75) is 18.2 Å². The molecule has 0 aromatic carbocycles. The number of methoxy groups -OCH3 is 1. The number of ether oxygens (including phenoxy) is 1. The fraction of sp³-hybridized carbons (Fsp3) is 0.778. The molecule has 0 N–H and O–H groups in total. The molecule has 86 valence electrons. The Morgan fingerprint density at radius 2 is 2.27 bits per heavy atom. The van der Waals surface area contributed by atoms with Gasteiger partial charge in [-0.3, -0.25) is 9.59 Å². The standard InChI is InChI=1S/C9H14ClNO3S/c1-9(5-8(13)14-2)11(3-4-15-9)7(12)6-10/h3-6H2,1-2H3. The Balaban J connectivity index is 2.72. The highest BCUT2D eigenvalue weighted by molar-refractivity contribution is 8.00. The summed E-state index contributed by atoms with van der Waals surface area (Å²) >= 11 is 7.10. The topological polar surface area (TPSA) is 46.6 Å². The number of amides is 1. The van der Waals surface area contributed by atoms with E-state index in [1.165, 1.54) is 7.11 Å². The maximum atomic E-state index is 11.5. The molecule has 0 bridgehead atoms. The molecule has 1 rings (SSSR count). The van der Waals surface area contributed by atoms with E-state index in [4.69, 9.17) is 11.6 Å². The summed E-state index contributed by atoms with van der Waals surface area (Å²) in [5.74, 6) is 0.348. The molecule has 0 saturated carbocycles. The summed E-state index contributed by atoms with van der Waals surface area (Å²) < 4.78 is 4.62. The van der Waals surface area contributed by atoms with Crippen molar-refractivity contribution in [2.24, 2.45) is 0 Å². The molecule has 1 aliphatic rings. The zero-order chi connectivity index (χ0) is 11.5. The van der Waals surface area contributed by atoms with E-state index in [2.05, 4.69) is 4.74 Å². The van der Waals surface area contributed by atoms with Crippen LogP contribution in [0.4, 0.5) is 0 Å². The van der Waals surface area contributed by atoms with Gasteiger partial charge in [0, 0.05) is 12.3 Å². The van der Waals surface area contributed by atoms with E-state index in [1.54, 1.807) is 16.7 Å². The lowest BCUT2D eigenvalue weighted by atomic mass is 10.2. The smallest absolute Gasteiger partial charge is 0.308 e. The normalized spacial score (nSPS) is 25.4. The van der Waals surface area contributed by atoms with Crippen LogP contribution in [0.25, 0.3) is 0 Å². The molecule has 4 nitrogen and oxygen atoms in total. The van der Waals surface area contributed by atoms with Gasteiger partial charge in [-0.15, -0.1) is 23.4 Å². The van der Waals surface area contributed by atoms with E-state index in [0.717, 1.165) is 5.75 Å². The SMILES string of the molecule is COC(=O)CC1(C)SCCN1C(=O)CCl. The van der Waals surface area contributed by atoms with Gasteiger partial charge in [-0.25, -0.2) is 0 Å². The van der Waals surface area contributed by atoms with Crippen LogP contribution >= 0.6 is 23.4 Å². The quantitative estimate of drug-likeness (QED) is 0.556. The lowest BCUT2D eigenvalue weighted by Gasteiger charge is -2.32. The largest absolute Gasteiger partial charge is 0.469 e. The monoisotopic (exact) mass is 251 g/mol. The Labute approximate surface area is 98.3 Å². The highest BCUT2D eigenvalue weighted by atomic mass is 35.5. The predicted octanol–water partition coefficient (Wildman–Crippen LogP) is 1.08. The summed E-state index contributed by atoms with van der Waals surface area (Å²) in [6.07, 6.45) is 0.205. The average molecular weight is 252 g/mol. The lowest BCUT2D eigenvalue weighted by Crippen LogP contribution is -2.45. The number of carbonyl (C=O) groups is 2. The molecule has 1 atom stereocenters. The minimum atomic E-state index is -0.501. The van der Waals surface area contributed by atoms with Crippen LogP contribution in [0.5, 0.6) is 0 Å². The van der Waals surface area contributed by atoms with Crippen molar-refractivity contribution in [3.8, 4) is 0 Å². The van der Waals surface area contributed by atoms with E-state index >= 15 is 0 Å². The van der Waals surface area contributed by atoms with Gasteiger partial charge >= 0.3 is 5.97 Å². The van der Waals surface area contributed by atoms with Crippen molar-refractivity contribution < 1.29 is 14.3 Å². The Bertz CT molecular complexity index is 274. The van der Waals surface area contributed by atoms with Crippen molar-refractivity contribution >= 4 is 35.2 Å². The first-order chi connectivity index (χ1) is 7.03. The fourth-order valence-electron chi connectivity index (χ4n) is 1.62. The molecule has 0 spiro atoms. The van der Waals surface area contributed by atoms with Crippen LogP contribution in [0.2, 0.25) is 0 Å². The molecule has 6 heteroatoms. The molecule has 0 aliphatic carbocycles. The first-order valence-electron chi connectivity index (χ1n) is 4.60. The van der Waals surface area contributed by atoms with Crippen LogP contribution in [0.3, 0.4) is 0 Å². The van der Waals surface area contributed by atoms with E-state index in [1.807, 2.05) is 6.92 Å². The predicted molar refractivity (Wildman–Crippen MR) is 59.9 cm³/mol. The summed E-state index contributed by atoms with van der Waals surface area (Å²) in [6.45, 7) is 2.51. The van der Waals surface area contributed by atoms with Crippen molar-refractivity contribution in [3.63, 3.8) is 0 Å². The van der Waals surface area contributed by atoms with E-state index in [0.29, 0.717) is 6.54 Å². The van der Waals surface area contributed by atoms with Crippen LogP contribution in [-0.4, -0.2) is 46.9 Å². The summed E-state index contributed by atoms with van der Waals surface area (Å²) in [4.78, 5) is 23.9. The van der Waals surface area contributed by atoms with Crippen molar-refractivity contribution in [3.05, 3.63) is 0 Å². The number of halogens is 1. The average Bonchev–Trinajstić information content (AvgIpc) is 2.58. The van der Waals surface area contributed by atoms with Gasteiger partial charge in [0.1, 0.15) is 5.88 Å². The van der Waals surface area contributed by atoms with Gasteiger partial charge < -0.3 is 9.64 Å². The van der Waals surface area contributed by atoms with Gasteiger partial charge in [0.05, 0.1) is 18.4 Å². The van der Waals surface area contributed by atoms with Crippen molar-refractivity contribution in [1.29, 1.82) is 0 Å². The highest BCUT2D eigenvalue weighted by Gasteiger charge is 2.41. The molecule has 1 heterocycles. The maximum Gasteiger partial charge on any atom is 0.308 e. The summed E-state index contributed by atoms with van der Waals surface area (Å²) in [5.41, 5.74) is 0. The summed E-state index contributed by atoms with van der Waals surface area (Å²) in [7, 11) is 1.35. The molecular formula is C9H14ClNO3S. The van der Waals surface area contributed by atoms with Crippen molar-refractivity contribution in [1.82, 2.24) is 4.90 Å². The molecule has 15 heavy (non-hydrogen) atoms. The molecule has 0 aromatic heterocycles. The molecular weight excluding hydrogens is 238 g/mol. The third kappa shape index (κ3) is 2.78. The number of hydrogen-bond acceptors (Lipinski definition) is 4. The van der Waals surface area contributed by atoms with Crippen LogP contribution in [0.15, 0.2) is 0 Å². The second-order valence-corrected chi connectivity index (χ2v) is 5.30. The summed E-state index contributed by atoms with van der Waals surface area (Å²) in [5, 5.41) is 0. The van der Waals surface area contributed by atoms with Gasteiger partial charge in [-0.05, 0) is 6.92 Å². The van der Waals surface area contributed by atoms with Crippen LogP contribution < -0.4 is 0 Å². The lowest BCUT2D eigenvalue weighted by molar-refractivity contribution is -0.143. The number of alkyl halides is 1. The molecule has 1 unspecified atom stereocenters. The second kappa shape index (κ2) is 5.07. The zero-order valence-electron chi connectivity index (χ0n) is 8.79. The number of hydrogen-bond donors (Lipinski definition) is 0. The molecule has 0 radical (unpaired) electrons. The molecule has 1 amide bonds. The van der Waals surface area contributed by atoms with E-state index in [-0.39, 0.29) is 24.2 Å². The third-order valence-corrected chi connectivity index (χ3v) is 4.02. The Morgan fingerprint density at radius 1 is 1.60 bits per heavy atom. The number of nitrogens with zero attached hydrogens (tertiary/aromatic N) is 1. The Kier molecular flexibility index (Phi) is 4.28. The molecule has 0 aromatic rings. The van der Waals surface area contributed by atoms with Gasteiger partial charge in [0.2, 0.25) is 5.91 Å². The van der Waals surface area contributed by atoms with Crippen LogP contribution in [0, 0.1) is 0 Å². The van der Waals surface area contributed by atoms with Gasteiger partial charge in [-0.1, -0.05) is 0 Å². The number of rotatable bonds is 3. The van der Waals surface area contributed by atoms with Crippen LogP contribution in [-0.2, 0) is 14.3 Å². The highest BCUT2D eigenvalue weighted by Crippen LogP contribution is 2.38. The first kappa shape index (κ1) is 12.6. The van der Waals surface area contributed by atoms with Crippen molar-refractivity contribution in [2.75, 3.05) is 25.3 Å². The number of carbonyl (C=O) groups excluding carboxylic acids is 2. The van der Waals surface area contributed by atoms with Gasteiger partial charge in [0.15, 0.2) is 0 Å². The van der Waals surface area contributed by atoms with E-state index < -0.39 is 4.87 Å². The van der Waals surface area contributed by atoms with Gasteiger partial charge in [0.25, 0.3) is 0 Å². The molecule has 1 saturated heterocycles. The zero-order valence-corrected chi connectivity index (χ0v) is 10.4. The Hall–Kier alpha value is -0.420. The van der Waals surface area contributed by atoms with Crippen LogP contribution in [0.1, 0.15) is 13.3 Å². The van der Waals surface area contributed by atoms with E-state index in [9.17, 15) is 9.59 Å². The minimum Gasteiger partial charge on any atom is -0.469 e. The minimum absolute atomic E-state index is 0.0443. The third-order valence-electron chi connectivity index (χ3n) is 2.41. The molecule has 1 aliphatic heterocycles. The second-order valence-electron chi connectivity index (χ2n) is 3.46. The number of esters is 1. The first-order valence-corrected chi connectivity index (χ1v) is 6.12. The fourth-order valence-corrected chi connectivity index (χ4v) is 3.05. The van der Waals surface area contributed by atoms with Gasteiger partial charge in [-0.2, -0.15) is 0 Å². The maximum absolute atomic E-state index is 11.5.